The minimum atomic E-state index is -1.28. The van der Waals surface area contributed by atoms with E-state index in [0.717, 1.165) is 24.0 Å². The molecule has 0 saturated heterocycles. The maximum atomic E-state index is 13.1. The second-order valence-electron chi connectivity index (χ2n) is 14.7. The molecule has 3 aliphatic carbocycles. The van der Waals surface area contributed by atoms with E-state index in [0.29, 0.717) is 47.8 Å². The Morgan fingerprint density at radius 2 is 1.79 bits per heavy atom. The second kappa shape index (κ2) is 14.6. The maximum Gasteiger partial charge on any atom is 0.317 e. The molecule has 5 heteroatoms. The lowest BCUT2D eigenvalue weighted by Gasteiger charge is -2.44. The normalized spacial score (nSPS) is 31.4. The molecular weight excluding hydrogens is 524 g/mol. The van der Waals surface area contributed by atoms with Crippen LogP contribution in [0.1, 0.15) is 107 Å². The van der Waals surface area contributed by atoms with Crippen molar-refractivity contribution < 1.29 is 24.2 Å². The molecule has 0 heterocycles. The van der Waals surface area contributed by atoms with Gasteiger partial charge in [-0.05, 0) is 92.4 Å². The smallest absolute Gasteiger partial charge is 0.317 e. The molecule has 0 bridgehead atoms. The van der Waals surface area contributed by atoms with Gasteiger partial charge in [-0.15, -0.1) is 0 Å². The summed E-state index contributed by atoms with van der Waals surface area (Å²) in [5.41, 5.74) is 2.87. The summed E-state index contributed by atoms with van der Waals surface area (Å²) in [6.45, 7) is 20.6. The molecule has 3 unspecified atom stereocenters. The maximum absolute atomic E-state index is 13.1. The van der Waals surface area contributed by atoms with Crippen LogP contribution in [0.2, 0.25) is 0 Å². The number of esters is 2. The zero-order valence-electron chi connectivity index (χ0n) is 27.7. The van der Waals surface area contributed by atoms with Crippen LogP contribution in [0.25, 0.3) is 0 Å². The van der Waals surface area contributed by atoms with Crippen molar-refractivity contribution in [1.82, 2.24) is 0 Å². The quantitative estimate of drug-likeness (QED) is 0.196. The molecule has 0 aromatic heterocycles. The molecule has 1 N–H and O–H groups in total. The first-order chi connectivity index (χ1) is 19.7. The lowest BCUT2D eigenvalue weighted by atomic mass is 9.61. The number of ether oxygens (including phenoxy) is 2. The molecule has 0 aromatic rings. The van der Waals surface area contributed by atoms with Crippen LogP contribution in [0.5, 0.6) is 0 Å². The zero-order chi connectivity index (χ0) is 31.2. The Morgan fingerprint density at radius 1 is 1.07 bits per heavy atom. The highest BCUT2D eigenvalue weighted by molar-refractivity contribution is 5.78. The predicted molar refractivity (Wildman–Crippen MR) is 171 cm³/mol. The Balaban J connectivity index is 1.68. The van der Waals surface area contributed by atoms with Gasteiger partial charge < -0.3 is 14.6 Å². The Hall–Kier alpha value is -2.14. The summed E-state index contributed by atoms with van der Waals surface area (Å²) >= 11 is 0. The van der Waals surface area contributed by atoms with Gasteiger partial charge in [0.15, 0.2) is 0 Å². The predicted octanol–water partition coefficient (Wildman–Crippen LogP) is 8.39. The van der Waals surface area contributed by atoms with E-state index in [9.17, 15) is 14.7 Å². The number of rotatable bonds is 11. The van der Waals surface area contributed by atoms with Gasteiger partial charge in [-0.3, -0.25) is 9.59 Å². The van der Waals surface area contributed by atoms with Gasteiger partial charge >= 0.3 is 11.9 Å². The van der Waals surface area contributed by atoms with Gasteiger partial charge in [0.05, 0.1) is 12.5 Å². The zero-order valence-corrected chi connectivity index (χ0v) is 27.7. The Labute approximate surface area is 255 Å². The summed E-state index contributed by atoms with van der Waals surface area (Å²) in [6.07, 6.45) is 17.6. The van der Waals surface area contributed by atoms with E-state index in [1.165, 1.54) is 25.7 Å². The van der Waals surface area contributed by atoms with Crippen LogP contribution < -0.4 is 0 Å². The third-order valence-electron chi connectivity index (χ3n) is 10.7. The van der Waals surface area contributed by atoms with Gasteiger partial charge in [0, 0.05) is 6.42 Å². The van der Waals surface area contributed by atoms with Gasteiger partial charge in [-0.1, -0.05) is 90.5 Å². The number of fused-ring (bicyclic) bond motifs is 1. The van der Waals surface area contributed by atoms with E-state index >= 15 is 0 Å². The molecular formula is C37H58O5. The lowest BCUT2D eigenvalue weighted by Crippen LogP contribution is -2.41. The second-order valence-corrected chi connectivity index (χ2v) is 14.7. The van der Waals surface area contributed by atoms with Crippen LogP contribution in [-0.4, -0.2) is 36.4 Å². The van der Waals surface area contributed by atoms with Crippen LogP contribution in [0.4, 0.5) is 0 Å². The number of aliphatic hydroxyl groups is 1. The minimum absolute atomic E-state index is 0.195. The standard InChI is InChI=1S/C37H58O5/c1-24(2)26(5)12-13-28(7)32-18-19-33-29(11-10-20-37(32,33)9)15-16-30-21-31(17-14-27(30)6)42-35(40)36(8,22-38)23-41-34(39)25(3)4/h12-13,15-16,24-26,28,31-33,38H,6,10-11,14,17-23H2,1-5,7-9H3/b13-12+,29-15+,30-16-/t26-,28+,31-,32?,33?,36?,37+/m0/s1. The van der Waals surface area contributed by atoms with E-state index in [4.69, 9.17) is 9.47 Å². The number of hydrogen-bond donors (Lipinski definition) is 1. The fourth-order valence-corrected chi connectivity index (χ4v) is 7.19. The molecule has 236 valence electrons. The van der Waals surface area contributed by atoms with Crippen LogP contribution >= 0.6 is 0 Å². The van der Waals surface area contributed by atoms with Crippen LogP contribution in [0.3, 0.4) is 0 Å². The molecule has 3 aliphatic rings. The molecule has 0 amide bonds. The van der Waals surface area contributed by atoms with Crippen LogP contribution in [0.15, 0.2) is 47.6 Å². The summed E-state index contributed by atoms with van der Waals surface area (Å²) in [5.74, 6) is 1.98. The number of aliphatic hydroxyl groups excluding tert-OH is 1. The molecule has 0 aliphatic heterocycles. The molecule has 42 heavy (non-hydrogen) atoms. The van der Waals surface area contributed by atoms with E-state index in [1.807, 2.05) is 0 Å². The Bertz CT molecular complexity index is 1060. The first-order valence-corrected chi connectivity index (χ1v) is 16.5. The first-order valence-electron chi connectivity index (χ1n) is 16.5. The van der Waals surface area contributed by atoms with Crippen molar-refractivity contribution in [2.75, 3.05) is 13.2 Å². The minimum Gasteiger partial charge on any atom is -0.464 e. The molecule has 0 radical (unpaired) electrons. The third kappa shape index (κ3) is 8.07. The largest absolute Gasteiger partial charge is 0.464 e. The van der Waals surface area contributed by atoms with Crippen molar-refractivity contribution in [3.05, 3.63) is 47.6 Å². The van der Waals surface area contributed by atoms with Crippen molar-refractivity contribution >= 4 is 11.9 Å². The average Bonchev–Trinajstić information content (AvgIpc) is 3.31. The molecule has 0 aromatic carbocycles. The average molecular weight is 583 g/mol. The van der Waals surface area contributed by atoms with Crippen molar-refractivity contribution in [1.29, 1.82) is 0 Å². The summed E-state index contributed by atoms with van der Waals surface area (Å²) in [4.78, 5) is 25.0. The lowest BCUT2D eigenvalue weighted by molar-refractivity contribution is -0.171. The van der Waals surface area contributed by atoms with Crippen molar-refractivity contribution in [3.8, 4) is 0 Å². The Kier molecular flexibility index (Phi) is 11.9. The van der Waals surface area contributed by atoms with E-state index in [2.05, 4.69) is 65.5 Å². The number of carbonyl (C=O) groups is 2. The van der Waals surface area contributed by atoms with Crippen molar-refractivity contribution in [2.45, 2.75) is 113 Å². The molecule has 3 saturated carbocycles. The van der Waals surface area contributed by atoms with E-state index in [1.54, 1.807) is 26.3 Å². The summed E-state index contributed by atoms with van der Waals surface area (Å²) < 4.78 is 11.2. The highest BCUT2D eigenvalue weighted by Gasteiger charge is 2.50. The third-order valence-corrected chi connectivity index (χ3v) is 10.7. The van der Waals surface area contributed by atoms with Gasteiger partial charge in [-0.2, -0.15) is 0 Å². The van der Waals surface area contributed by atoms with Gasteiger partial charge in [0.1, 0.15) is 18.1 Å². The van der Waals surface area contributed by atoms with E-state index < -0.39 is 24.0 Å². The number of hydrogen-bond acceptors (Lipinski definition) is 5. The summed E-state index contributed by atoms with van der Waals surface area (Å²) in [5, 5.41) is 9.95. The van der Waals surface area contributed by atoms with E-state index in [-0.39, 0.29) is 18.6 Å². The molecule has 3 rings (SSSR count). The molecule has 5 nitrogen and oxygen atoms in total. The van der Waals surface area contributed by atoms with Crippen molar-refractivity contribution in [2.24, 2.45) is 46.3 Å². The molecule has 7 atom stereocenters. The van der Waals surface area contributed by atoms with Gasteiger partial charge in [-0.25, -0.2) is 0 Å². The monoisotopic (exact) mass is 582 g/mol. The van der Waals surface area contributed by atoms with Gasteiger partial charge in [0.2, 0.25) is 0 Å². The first kappa shape index (κ1) is 34.4. The molecule has 3 fully saturated rings. The fourth-order valence-electron chi connectivity index (χ4n) is 7.19. The van der Waals surface area contributed by atoms with Crippen LogP contribution in [-0.2, 0) is 19.1 Å². The van der Waals surface area contributed by atoms with Crippen molar-refractivity contribution in [3.63, 3.8) is 0 Å². The fraction of sp³-hybridized carbons (Fsp3) is 0.730. The highest BCUT2D eigenvalue weighted by atomic mass is 16.6. The number of allylic oxidation sites excluding steroid dienone is 6. The molecule has 0 spiro atoms. The Morgan fingerprint density at radius 3 is 2.43 bits per heavy atom. The highest BCUT2D eigenvalue weighted by Crippen LogP contribution is 2.59. The topological polar surface area (TPSA) is 72.8 Å². The summed E-state index contributed by atoms with van der Waals surface area (Å²) in [7, 11) is 0. The summed E-state index contributed by atoms with van der Waals surface area (Å²) in [6, 6.07) is 0. The van der Waals surface area contributed by atoms with Gasteiger partial charge in [0.25, 0.3) is 0 Å². The SMILES string of the molecule is C=C1CC[C@H](OC(=O)C(C)(CO)COC(=O)C(C)C)C/C1=C/C=C1\CCC[C@@]2(C)C1CCC2[C@H](C)/C=C/[C@H](C)C(C)C. The number of carbonyl (C=O) groups excluding carboxylic acids is 2. The van der Waals surface area contributed by atoms with Crippen LogP contribution in [0, 0.1) is 46.3 Å².